The molecule has 0 aromatic carbocycles. The molecule has 2 unspecified atom stereocenters. The van der Waals surface area contributed by atoms with E-state index in [0.29, 0.717) is 12.5 Å². The zero-order valence-electron chi connectivity index (χ0n) is 10.9. The second-order valence-electron chi connectivity index (χ2n) is 4.31. The molecule has 0 bridgehead atoms. The lowest BCUT2D eigenvalue weighted by molar-refractivity contribution is -0.120. The first-order valence-electron chi connectivity index (χ1n) is 5.84. The number of sulfone groups is 1. The third kappa shape index (κ3) is 5.73. The lowest BCUT2D eigenvalue weighted by Crippen LogP contribution is -2.41. The molecular weight excluding hydrogens is 262 g/mol. The van der Waals surface area contributed by atoms with Crippen molar-refractivity contribution in [1.29, 1.82) is 0 Å². The third-order valence-electron chi connectivity index (χ3n) is 3.04. The Morgan fingerprint density at radius 3 is 2.12 bits per heavy atom. The number of hydrogen-bond acceptors (Lipinski definition) is 3. The molecule has 102 valence electrons. The molecule has 0 aliphatic carbocycles. The van der Waals surface area contributed by atoms with Gasteiger partial charge in [0.1, 0.15) is 5.25 Å². The Kier molecular flexibility index (Phi) is 7.09. The van der Waals surface area contributed by atoms with Gasteiger partial charge in [0, 0.05) is 12.8 Å². The number of nitrogens with one attached hydrogen (secondary N) is 1. The second-order valence-corrected chi connectivity index (χ2v) is 7.24. The van der Waals surface area contributed by atoms with E-state index in [4.69, 9.17) is 11.6 Å². The van der Waals surface area contributed by atoms with Gasteiger partial charge in [0.2, 0.25) is 5.91 Å². The van der Waals surface area contributed by atoms with Crippen LogP contribution < -0.4 is 5.32 Å². The summed E-state index contributed by atoms with van der Waals surface area (Å²) in [6, 6.07) is 0. The van der Waals surface area contributed by atoms with Crippen LogP contribution in [-0.2, 0) is 14.6 Å². The van der Waals surface area contributed by atoms with E-state index in [-0.39, 0.29) is 5.38 Å². The number of carbonyl (C=O) groups is 1. The van der Waals surface area contributed by atoms with Crippen LogP contribution in [-0.4, -0.2) is 37.8 Å². The summed E-state index contributed by atoms with van der Waals surface area (Å²) >= 11 is 6.15. The molecule has 4 nitrogen and oxygen atoms in total. The fourth-order valence-corrected chi connectivity index (χ4v) is 2.41. The van der Waals surface area contributed by atoms with Crippen LogP contribution in [0.2, 0.25) is 0 Å². The Labute approximate surface area is 109 Å². The minimum Gasteiger partial charge on any atom is -0.353 e. The Morgan fingerprint density at radius 2 is 1.76 bits per heavy atom. The molecule has 2 atom stereocenters. The molecule has 1 N–H and O–H groups in total. The average molecular weight is 284 g/mol. The highest BCUT2D eigenvalue weighted by molar-refractivity contribution is 7.92. The molecule has 0 saturated heterocycles. The molecule has 0 aliphatic rings. The predicted octanol–water partition coefficient (Wildman–Crippen LogP) is 1.58. The quantitative estimate of drug-likeness (QED) is 0.722. The summed E-state index contributed by atoms with van der Waals surface area (Å²) in [7, 11) is -3.34. The van der Waals surface area contributed by atoms with Gasteiger partial charge in [-0.05, 0) is 12.8 Å². The predicted molar refractivity (Wildman–Crippen MR) is 71.0 cm³/mol. The minimum atomic E-state index is -3.34. The van der Waals surface area contributed by atoms with Crippen molar-refractivity contribution in [1.82, 2.24) is 5.32 Å². The van der Waals surface area contributed by atoms with Gasteiger partial charge in [-0.3, -0.25) is 4.79 Å². The minimum absolute atomic E-state index is 0.152. The first-order valence-corrected chi connectivity index (χ1v) is 8.23. The van der Waals surface area contributed by atoms with Gasteiger partial charge in [0.05, 0.1) is 5.38 Å². The maximum atomic E-state index is 11.5. The van der Waals surface area contributed by atoms with Crippen molar-refractivity contribution in [3.63, 3.8) is 0 Å². The maximum absolute atomic E-state index is 11.5. The maximum Gasteiger partial charge on any atom is 0.238 e. The normalized spacial score (nSPS) is 15.6. The van der Waals surface area contributed by atoms with Crippen LogP contribution in [0.15, 0.2) is 0 Å². The average Bonchev–Trinajstić information content (AvgIpc) is 2.25. The summed E-state index contributed by atoms with van der Waals surface area (Å²) in [5.74, 6) is -0.144. The molecule has 0 radical (unpaired) electrons. The topological polar surface area (TPSA) is 63.2 Å². The molecular formula is C11H22ClNO3S. The van der Waals surface area contributed by atoms with Gasteiger partial charge in [-0.25, -0.2) is 8.42 Å². The molecule has 0 saturated carbocycles. The number of carbonyl (C=O) groups excluding carboxylic acids is 1. The summed E-state index contributed by atoms with van der Waals surface area (Å²) in [5.41, 5.74) is 0. The molecule has 0 aliphatic heterocycles. The molecule has 1 amide bonds. The Hall–Kier alpha value is -0.290. The van der Waals surface area contributed by atoms with Gasteiger partial charge in [-0.2, -0.15) is 0 Å². The lowest BCUT2D eigenvalue weighted by atomic mass is 9.99. The lowest BCUT2D eigenvalue weighted by Gasteiger charge is -2.20. The highest BCUT2D eigenvalue weighted by atomic mass is 35.5. The highest BCUT2D eigenvalue weighted by Crippen LogP contribution is 2.17. The first kappa shape index (κ1) is 16.7. The Bertz CT molecular complexity index is 339. The van der Waals surface area contributed by atoms with E-state index in [1.165, 1.54) is 6.92 Å². The molecule has 0 spiro atoms. The van der Waals surface area contributed by atoms with Crippen LogP contribution >= 0.6 is 11.6 Å². The van der Waals surface area contributed by atoms with Crippen LogP contribution in [0.3, 0.4) is 0 Å². The zero-order chi connectivity index (χ0) is 13.6. The van der Waals surface area contributed by atoms with Crippen LogP contribution in [0.4, 0.5) is 0 Å². The standard InChI is InChI=1S/C11H22ClNO3S/c1-5-9(6-2)10(12)7-13-11(14)8(3)17(4,15)16/h8-10H,5-7H2,1-4H3,(H,13,14). The molecule has 0 fully saturated rings. The van der Waals surface area contributed by atoms with Crippen molar-refractivity contribution in [3.8, 4) is 0 Å². The molecule has 0 aromatic heterocycles. The van der Waals surface area contributed by atoms with E-state index < -0.39 is 21.0 Å². The highest BCUT2D eigenvalue weighted by Gasteiger charge is 2.24. The summed E-state index contributed by atoms with van der Waals surface area (Å²) < 4.78 is 22.3. The molecule has 6 heteroatoms. The molecule has 17 heavy (non-hydrogen) atoms. The zero-order valence-corrected chi connectivity index (χ0v) is 12.4. The van der Waals surface area contributed by atoms with Crippen molar-refractivity contribution in [2.24, 2.45) is 5.92 Å². The summed E-state index contributed by atoms with van der Waals surface area (Å²) in [6.07, 6.45) is 2.95. The fourth-order valence-electron chi connectivity index (χ4n) is 1.50. The van der Waals surface area contributed by atoms with Crippen LogP contribution in [0.5, 0.6) is 0 Å². The number of hydrogen-bond donors (Lipinski definition) is 1. The smallest absolute Gasteiger partial charge is 0.238 e. The SMILES string of the molecule is CCC(CC)C(Cl)CNC(=O)C(C)S(C)(=O)=O. The third-order valence-corrected chi connectivity index (χ3v) is 5.05. The van der Waals surface area contributed by atoms with E-state index in [0.717, 1.165) is 19.1 Å². The van der Waals surface area contributed by atoms with E-state index in [1.54, 1.807) is 0 Å². The van der Waals surface area contributed by atoms with Crippen molar-refractivity contribution in [2.75, 3.05) is 12.8 Å². The van der Waals surface area contributed by atoms with Gasteiger partial charge in [-0.1, -0.05) is 26.7 Å². The van der Waals surface area contributed by atoms with Gasteiger partial charge < -0.3 is 5.32 Å². The number of halogens is 1. The molecule has 0 aromatic rings. The fraction of sp³-hybridized carbons (Fsp3) is 0.909. The van der Waals surface area contributed by atoms with Crippen LogP contribution in [0.25, 0.3) is 0 Å². The number of rotatable bonds is 7. The van der Waals surface area contributed by atoms with Gasteiger partial charge in [-0.15, -0.1) is 11.6 Å². The second kappa shape index (κ2) is 7.21. The number of amides is 1. The Balaban J connectivity index is 4.26. The van der Waals surface area contributed by atoms with E-state index in [1.807, 2.05) is 13.8 Å². The van der Waals surface area contributed by atoms with Crippen LogP contribution in [0.1, 0.15) is 33.6 Å². The van der Waals surface area contributed by atoms with Gasteiger partial charge in [0.25, 0.3) is 0 Å². The van der Waals surface area contributed by atoms with Crippen molar-refractivity contribution < 1.29 is 13.2 Å². The Morgan fingerprint density at radius 1 is 1.29 bits per heavy atom. The summed E-state index contributed by atoms with van der Waals surface area (Å²) in [6.45, 7) is 5.78. The summed E-state index contributed by atoms with van der Waals surface area (Å²) in [4.78, 5) is 11.5. The molecule has 0 heterocycles. The van der Waals surface area contributed by atoms with E-state index in [9.17, 15) is 13.2 Å². The van der Waals surface area contributed by atoms with E-state index in [2.05, 4.69) is 5.32 Å². The van der Waals surface area contributed by atoms with Crippen molar-refractivity contribution in [2.45, 2.75) is 44.2 Å². The van der Waals surface area contributed by atoms with Crippen molar-refractivity contribution in [3.05, 3.63) is 0 Å². The first-order chi connectivity index (χ1) is 7.73. The van der Waals surface area contributed by atoms with Crippen molar-refractivity contribution >= 4 is 27.3 Å². The van der Waals surface area contributed by atoms with E-state index >= 15 is 0 Å². The largest absolute Gasteiger partial charge is 0.353 e. The molecule has 0 rings (SSSR count). The number of alkyl halides is 1. The van der Waals surface area contributed by atoms with Gasteiger partial charge in [0.15, 0.2) is 9.84 Å². The summed E-state index contributed by atoms with van der Waals surface area (Å²) in [5, 5.41) is 1.42. The van der Waals surface area contributed by atoms with Gasteiger partial charge >= 0.3 is 0 Å². The monoisotopic (exact) mass is 283 g/mol. The van der Waals surface area contributed by atoms with Crippen LogP contribution in [0, 0.1) is 5.92 Å².